The Morgan fingerprint density at radius 3 is 2.95 bits per heavy atom. The fourth-order valence-electron chi connectivity index (χ4n) is 2.10. The lowest BCUT2D eigenvalue weighted by atomic mass is 10.3. The van der Waals surface area contributed by atoms with Gasteiger partial charge in [-0.3, -0.25) is 14.8 Å². The number of aryl methyl sites for hydroxylation is 2. The standard InChI is InChI=1S/C13H13N5O3/c1-8-9(7-17(2)16-8)6-14-13-15-11-4-3-10(18(19)20)5-12(11)21-13/h3-5,7H,6H2,1-2H3,(H,14,15). The first-order valence-electron chi connectivity index (χ1n) is 6.31. The van der Waals surface area contributed by atoms with Crippen molar-refractivity contribution in [3.63, 3.8) is 0 Å². The Balaban J connectivity index is 1.81. The molecule has 2 heterocycles. The first-order chi connectivity index (χ1) is 10.0. The van der Waals surface area contributed by atoms with Crippen molar-refractivity contribution in [3.8, 4) is 0 Å². The minimum atomic E-state index is -0.464. The molecule has 2 aromatic heterocycles. The normalized spacial score (nSPS) is 11.0. The van der Waals surface area contributed by atoms with Crippen molar-refractivity contribution in [2.75, 3.05) is 5.32 Å². The van der Waals surface area contributed by atoms with Crippen LogP contribution in [0.2, 0.25) is 0 Å². The fourth-order valence-corrected chi connectivity index (χ4v) is 2.10. The summed E-state index contributed by atoms with van der Waals surface area (Å²) in [5.74, 6) is 0. The third-order valence-electron chi connectivity index (χ3n) is 3.13. The van der Waals surface area contributed by atoms with Crippen LogP contribution in [0, 0.1) is 17.0 Å². The van der Waals surface area contributed by atoms with Gasteiger partial charge >= 0.3 is 0 Å². The van der Waals surface area contributed by atoms with Crippen LogP contribution in [0.4, 0.5) is 11.7 Å². The maximum absolute atomic E-state index is 10.7. The van der Waals surface area contributed by atoms with E-state index in [0.717, 1.165) is 11.3 Å². The highest BCUT2D eigenvalue weighted by atomic mass is 16.6. The second kappa shape index (κ2) is 4.89. The minimum Gasteiger partial charge on any atom is -0.423 e. The lowest BCUT2D eigenvalue weighted by Crippen LogP contribution is -1.99. The number of oxazole rings is 1. The Hall–Kier alpha value is -2.90. The molecule has 1 aromatic carbocycles. The van der Waals surface area contributed by atoms with Crippen molar-refractivity contribution in [3.05, 3.63) is 45.8 Å². The number of nitrogens with one attached hydrogen (secondary N) is 1. The first kappa shape index (κ1) is 13.1. The lowest BCUT2D eigenvalue weighted by molar-refractivity contribution is -0.384. The van der Waals surface area contributed by atoms with Crippen molar-refractivity contribution < 1.29 is 9.34 Å². The highest BCUT2D eigenvalue weighted by Crippen LogP contribution is 2.24. The van der Waals surface area contributed by atoms with Crippen LogP contribution in [0.15, 0.2) is 28.8 Å². The molecular formula is C13H13N5O3. The van der Waals surface area contributed by atoms with Gasteiger partial charge in [0.1, 0.15) is 5.52 Å². The van der Waals surface area contributed by atoms with E-state index < -0.39 is 4.92 Å². The number of non-ortho nitro benzene ring substituents is 1. The molecule has 0 saturated heterocycles. The highest BCUT2D eigenvalue weighted by Gasteiger charge is 2.12. The summed E-state index contributed by atoms with van der Waals surface area (Å²) in [6.07, 6.45) is 1.91. The van der Waals surface area contributed by atoms with Crippen LogP contribution in [0.5, 0.6) is 0 Å². The molecule has 3 rings (SSSR count). The summed E-state index contributed by atoms with van der Waals surface area (Å²) in [5, 5.41) is 18.0. The van der Waals surface area contributed by atoms with Crippen LogP contribution in [0.25, 0.3) is 11.1 Å². The van der Waals surface area contributed by atoms with Crippen LogP contribution >= 0.6 is 0 Å². The van der Waals surface area contributed by atoms with Gasteiger partial charge in [0.05, 0.1) is 16.7 Å². The van der Waals surface area contributed by atoms with Crippen molar-refractivity contribution >= 4 is 22.8 Å². The van der Waals surface area contributed by atoms with Crippen LogP contribution in [-0.2, 0) is 13.6 Å². The molecule has 0 aliphatic heterocycles. The zero-order valence-corrected chi connectivity index (χ0v) is 11.5. The summed E-state index contributed by atoms with van der Waals surface area (Å²) in [7, 11) is 1.86. The van der Waals surface area contributed by atoms with E-state index in [1.54, 1.807) is 10.7 Å². The lowest BCUT2D eigenvalue weighted by Gasteiger charge is -1.98. The molecule has 0 amide bonds. The van der Waals surface area contributed by atoms with Gasteiger partial charge in [-0.1, -0.05) is 0 Å². The van der Waals surface area contributed by atoms with Crippen LogP contribution in [0.3, 0.4) is 0 Å². The number of aromatic nitrogens is 3. The Kier molecular flexibility index (Phi) is 3.05. The maximum atomic E-state index is 10.7. The van der Waals surface area contributed by atoms with Crippen molar-refractivity contribution in [2.45, 2.75) is 13.5 Å². The van der Waals surface area contributed by atoms with Crippen LogP contribution < -0.4 is 5.32 Å². The van der Waals surface area contributed by atoms with Gasteiger partial charge in [-0.2, -0.15) is 10.1 Å². The summed E-state index contributed by atoms with van der Waals surface area (Å²) in [4.78, 5) is 14.5. The fraction of sp³-hybridized carbons (Fsp3) is 0.231. The molecule has 0 atom stereocenters. The third kappa shape index (κ3) is 2.55. The Morgan fingerprint density at radius 1 is 1.48 bits per heavy atom. The van der Waals surface area contributed by atoms with Gasteiger partial charge in [0.25, 0.3) is 11.7 Å². The maximum Gasteiger partial charge on any atom is 0.295 e. The third-order valence-corrected chi connectivity index (χ3v) is 3.13. The molecule has 8 nitrogen and oxygen atoms in total. The van der Waals surface area contributed by atoms with E-state index in [-0.39, 0.29) is 5.69 Å². The van der Waals surface area contributed by atoms with Crippen molar-refractivity contribution in [1.29, 1.82) is 0 Å². The predicted molar refractivity (Wildman–Crippen MR) is 75.9 cm³/mol. The number of hydrogen-bond acceptors (Lipinski definition) is 6. The minimum absolute atomic E-state index is 0.0201. The molecule has 0 fully saturated rings. The summed E-state index contributed by atoms with van der Waals surface area (Å²) >= 11 is 0. The average Bonchev–Trinajstić information content (AvgIpc) is 2.97. The quantitative estimate of drug-likeness (QED) is 0.584. The van der Waals surface area contributed by atoms with Gasteiger partial charge < -0.3 is 9.73 Å². The van der Waals surface area contributed by atoms with Crippen molar-refractivity contribution in [1.82, 2.24) is 14.8 Å². The molecule has 0 radical (unpaired) electrons. The largest absolute Gasteiger partial charge is 0.423 e. The summed E-state index contributed by atoms with van der Waals surface area (Å²) in [6.45, 7) is 2.45. The monoisotopic (exact) mass is 287 g/mol. The van der Waals surface area contributed by atoms with E-state index in [9.17, 15) is 10.1 Å². The molecule has 0 aliphatic rings. The number of nitro groups is 1. The molecule has 0 unspecified atom stereocenters. The summed E-state index contributed by atoms with van der Waals surface area (Å²) in [5.41, 5.74) is 2.90. The van der Waals surface area contributed by atoms with Gasteiger partial charge in [-0.05, 0) is 13.0 Å². The summed E-state index contributed by atoms with van der Waals surface area (Å²) < 4.78 is 7.21. The van der Waals surface area contributed by atoms with Crippen LogP contribution in [-0.4, -0.2) is 19.7 Å². The Labute approximate surface area is 119 Å². The van der Waals surface area contributed by atoms with Gasteiger partial charge in [-0.25, -0.2) is 0 Å². The molecule has 108 valence electrons. The highest BCUT2D eigenvalue weighted by molar-refractivity contribution is 5.77. The number of anilines is 1. The van der Waals surface area contributed by atoms with Gasteiger partial charge in [0, 0.05) is 31.4 Å². The molecule has 0 bridgehead atoms. The van der Waals surface area contributed by atoms with E-state index >= 15 is 0 Å². The SMILES string of the molecule is Cc1nn(C)cc1CNc1nc2ccc([N+](=O)[O-])cc2o1. The molecular weight excluding hydrogens is 274 g/mol. The Bertz CT molecular complexity index is 820. The zero-order valence-electron chi connectivity index (χ0n) is 11.5. The molecule has 0 aliphatic carbocycles. The summed E-state index contributed by atoms with van der Waals surface area (Å²) in [6, 6.07) is 4.66. The molecule has 8 heteroatoms. The number of fused-ring (bicyclic) bond motifs is 1. The number of nitrogens with zero attached hydrogens (tertiary/aromatic N) is 4. The first-order valence-corrected chi connectivity index (χ1v) is 6.31. The molecule has 0 saturated carbocycles. The van der Waals surface area contributed by atoms with E-state index in [0.29, 0.717) is 23.7 Å². The number of benzene rings is 1. The zero-order chi connectivity index (χ0) is 15.0. The van der Waals surface area contributed by atoms with Gasteiger partial charge in [-0.15, -0.1) is 0 Å². The van der Waals surface area contributed by atoms with Crippen LogP contribution in [0.1, 0.15) is 11.3 Å². The second-order valence-electron chi connectivity index (χ2n) is 4.70. The number of hydrogen-bond donors (Lipinski definition) is 1. The number of nitro benzene ring substituents is 1. The Morgan fingerprint density at radius 2 is 2.29 bits per heavy atom. The smallest absolute Gasteiger partial charge is 0.295 e. The number of rotatable bonds is 4. The second-order valence-corrected chi connectivity index (χ2v) is 4.70. The average molecular weight is 287 g/mol. The topological polar surface area (TPSA) is 99.0 Å². The van der Waals surface area contributed by atoms with E-state index in [1.807, 2.05) is 20.2 Å². The predicted octanol–water partition coefficient (Wildman–Crippen LogP) is 2.39. The van der Waals surface area contributed by atoms with Gasteiger partial charge in [0.2, 0.25) is 0 Å². The molecule has 0 spiro atoms. The van der Waals surface area contributed by atoms with E-state index in [4.69, 9.17) is 4.42 Å². The van der Waals surface area contributed by atoms with Crippen molar-refractivity contribution in [2.24, 2.45) is 7.05 Å². The van der Waals surface area contributed by atoms with E-state index in [1.165, 1.54) is 12.1 Å². The molecule has 1 N–H and O–H groups in total. The van der Waals surface area contributed by atoms with E-state index in [2.05, 4.69) is 15.4 Å². The molecule has 3 aromatic rings. The van der Waals surface area contributed by atoms with Gasteiger partial charge in [0.15, 0.2) is 5.58 Å². The molecule has 21 heavy (non-hydrogen) atoms.